The van der Waals surface area contributed by atoms with Crippen LogP contribution in [0.4, 0.5) is 4.79 Å². The smallest absolute Gasteiger partial charge is 0.435 e. The van der Waals surface area contributed by atoms with Gasteiger partial charge in [-0.1, -0.05) is 6.07 Å². The van der Waals surface area contributed by atoms with Crippen LogP contribution in [0.25, 0.3) is 22.0 Å². The molecular formula is C19H21N5O3. The van der Waals surface area contributed by atoms with E-state index in [0.29, 0.717) is 22.3 Å². The third-order valence-electron chi connectivity index (χ3n) is 4.37. The lowest BCUT2D eigenvalue weighted by Crippen LogP contribution is -2.31. The molecule has 0 saturated heterocycles. The van der Waals surface area contributed by atoms with E-state index >= 15 is 0 Å². The lowest BCUT2D eigenvalue weighted by Gasteiger charge is -2.18. The molecule has 0 amide bonds. The van der Waals surface area contributed by atoms with Crippen LogP contribution in [0.3, 0.4) is 0 Å². The highest BCUT2D eigenvalue weighted by Gasteiger charge is 2.29. The fourth-order valence-electron chi connectivity index (χ4n) is 2.91. The average molecular weight is 367 g/mol. The van der Waals surface area contributed by atoms with Crippen LogP contribution in [-0.4, -0.2) is 31.1 Å². The first-order chi connectivity index (χ1) is 12.7. The molecule has 27 heavy (non-hydrogen) atoms. The summed E-state index contributed by atoms with van der Waals surface area (Å²) in [6.45, 7) is 5.37. The molecule has 0 bridgehead atoms. The Morgan fingerprint density at radius 3 is 2.67 bits per heavy atom. The quantitative estimate of drug-likeness (QED) is 0.698. The topological polar surface area (TPSA) is 105 Å². The fraction of sp³-hybridized carbons (Fsp3) is 0.368. The largest absolute Gasteiger partial charge is 0.442 e. The Hall–Kier alpha value is -3.16. The first-order valence-electron chi connectivity index (χ1n) is 8.83. The molecule has 140 valence electrons. The molecule has 2 heterocycles. The van der Waals surface area contributed by atoms with Crippen molar-refractivity contribution in [3.05, 3.63) is 46.8 Å². The van der Waals surface area contributed by atoms with E-state index in [1.165, 1.54) is 0 Å². The Bertz CT molecular complexity index is 1100. The van der Waals surface area contributed by atoms with Crippen LogP contribution < -0.4 is 11.4 Å². The first kappa shape index (κ1) is 17.3. The number of nitrogens with two attached hydrogens (primary N) is 1. The van der Waals surface area contributed by atoms with Crippen molar-refractivity contribution in [3.8, 4) is 11.1 Å². The van der Waals surface area contributed by atoms with Gasteiger partial charge >= 0.3 is 6.09 Å². The van der Waals surface area contributed by atoms with Gasteiger partial charge in [-0.2, -0.15) is 9.78 Å². The minimum atomic E-state index is -0.608. The molecule has 1 aliphatic carbocycles. The van der Waals surface area contributed by atoms with E-state index in [1.54, 1.807) is 45.3 Å². The van der Waals surface area contributed by atoms with Gasteiger partial charge < -0.3 is 10.6 Å². The maximum Gasteiger partial charge on any atom is 0.435 e. The van der Waals surface area contributed by atoms with Crippen LogP contribution in [0.2, 0.25) is 0 Å². The van der Waals surface area contributed by atoms with Gasteiger partial charge in [0.25, 0.3) is 5.56 Å². The SMILES string of the molecule is CC(C)(C)OC(=O)n1cc(-c2ccc3nc(C4CC4)n(N)c(=O)c3c2)cn1. The summed E-state index contributed by atoms with van der Waals surface area (Å²) >= 11 is 0. The van der Waals surface area contributed by atoms with E-state index < -0.39 is 11.7 Å². The van der Waals surface area contributed by atoms with Crippen molar-refractivity contribution in [2.75, 3.05) is 5.84 Å². The monoisotopic (exact) mass is 367 g/mol. The zero-order chi connectivity index (χ0) is 19.3. The van der Waals surface area contributed by atoms with Crippen molar-refractivity contribution in [2.45, 2.75) is 45.1 Å². The second kappa shape index (κ2) is 5.94. The van der Waals surface area contributed by atoms with Gasteiger partial charge in [0.15, 0.2) is 0 Å². The molecule has 2 N–H and O–H groups in total. The van der Waals surface area contributed by atoms with Crippen LogP contribution in [0, 0.1) is 0 Å². The summed E-state index contributed by atoms with van der Waals surface area (Å²) in [6.07, 6.45) is 4.59. The van der Waals surface area contributed by atoms with E-state index in [4.69, 9.17) is 10.6 Å². The molecule has 1 fully saturated rings. The minimum absolute atomic E-state index is 0.275. The summed E-state index contributed by atoms with van der Waals surface area (Å²) in [5.74, 6) is 6.86. The number of carbonyl (C=O) groups excluding carboxylic acids is 1. The highest BCUT2D eigenvalue weighted by atomic mass is 16.6. The summed E-state index contributed by atoms with van der Waals surface area (Å²) in [5.41, 5.74) is 1.17. The lowest BCUT2D eigenvalue weighted by atomic mass is 10.1. The molecule has 0 aliphatic heterocycles. The Morgan fingerprint density at radius 2 is 2.00 bits per heavy atom. The number of fused-ring (bicyclic) bond motifs is 1. The number of nitrogens with zero attached hydrogens (tertiary/aromatic N) is 4. The molecule has 1 aliphatic rings. The molecule has 3 aromatic rings. The van der Waals surface area contributed by atoms with Crippen molar-refractivity contribution in [1.82, 2.24) is 19.4 Å². The van der Waals surface area contributed by atoms with Crippen LogP contribution in [0.1, 0.15) is 45.4 Å². The summed E-state index contributed by atoms with van der Waals surface area (Å²) in [6, 6.07) is 5.37. The molecule has 0 spiro atoms. The maximum absolute atomic E-state index is 12.6. The molecule has 4 rings (SSSR count). The lowest BCUT2D eigenvalue weighted by molar-refractivity contribution is 0.0514. The van der Waals surface area contributed by atoms with Crippen molar-refractivity contribution < 1.29 is 9.53 Å². The van der Waals surface area contributed by atoms with Crippen molar-refractivity contribution in [3.63, 3.8) is 0 Å². The molecule has 1 saturated carbocycles. The Balaban J connectivity index is 1.71. The highest BCUT2D eigenvalue weighted by molar-refractivity contribution is 5.84. The number of hydrogen-bond donors (Lipinski definition) is 1. The molecule has 1 aromatic carbocycles. The van der Waals surface area contributed by atoms with Gasteiger partial charge in [-0.3, -0.25) is 4.79 Å². The van der Waals surface area contributed by atoms with E-state index in [-0.39, 0.29) is 11.5 Å². The van der Waals surface area contributed by atoms with Gasteiger partial charge in [-0.25, -0.2) is 14.5 Å². The number of carbonyl (C=O) groups is 1. The van der Waals surface area contributed by atoms with Crippen LogP contribution in [0.15, 0.2) is 35.4 Å². The fourth-order valence-corrected chi connectivity index (χ4v) is 2.91. The number of ether oxygens (including phenoxy) is 1. The van der Waals surface area contributed by atoms with Gasteiger partial charge in [0, 0.05) is 17.7 Å². The van der Waals surface area contributed by atoms with Crippen LogP contribution in [-0.2, 0) is 4.74 Å². The molecule has 0 atom stereocenters. The summed E-state index contributed by atoms with van der Waals surface area (Å²) in [4.78, 5) is 29.3. The Morgan fingerprint density at radius 1 is 1.26 bits per heavy atom. The van der Waals surface area contributed by atoms with Crippen LogP contribution in [0.5, 0.6) is 0 Å². The van der Waals surface area contributed by atoms with Crippen LogP contribution >= 0.6 is 0 Å². The molecule has 8 nitrogen and oxygen atoms in total. The summed E-state index contributed by atoms with van der Waals surface area (Å²) in [7, 11) is 0. The van der Waals surface area contributed by atoms with E-state index in [9.17, 15) is 9.59 Å². The van der Waals surface area contributed by atoms with Gasteiger partial charge in [0.2, 0.25) is 0 Å². The normalized spacial score (nSPS) is 14.5. The third kappa shape index (κ3) is 3.30. The van der Waals surface area contributed by atoms with Gasteiger partial charge in [0.1, 0.15) is 11.4 Å². The zero-order valence-corrected chi connectivity index (χ0v) is 15.5. The number of benzene rings is 1. The molecule has 0 radical (unpaired) electrons. The molecular weight excluding hydrogens is 346 g/mol. The van der Waals surface area contributed by atoms with E-state index in [1.807, 2.05) is 6.07 Å². The summed E-state index contributed by atoms with van der Waals surface area (Å²) in [5, 5.41) is 4.50. The number of hydrogen-bond acceptors (Lipinski definition) is 6. The maximum atomic E-state index is 12.6. The number of rotatable bonds is 2. The molecule has 2 aromatic heterocycles. The first-order valence-corrected chi connectivity index (χ1v) is 8.83. The number of aromatic nitrogens is 4. The third-order valence-corrected chi connectivity index (χ3v) is 4.37. The van der Waals surface area contributed by atoms with Gasteiger partial charge in [-0.15, -0.1) is 0 Å². The van der Waals surface area contributed by atoms with Gasteiger partial charge in [0.05, 0.1) is 17.1 Å². The Kier molecular flexibility index (Phi) is 3.80. The Labute approximate surface area is 155 Å². The standard InChI is InChI=1S/C19H21N5O3/c1-19(2,3)27-18(26)23-10-13(9-21-23)12-6-7-15-14(8-12)17(25)24(20)16(22-15)11-4-5-11/h6-11H,4-5,20H2,1-3H3. The van der Waals surface area contributed by atoms with E-state index in [0.717, 1.165) is 27.8 Å². The average Bonchev–Trinajstić information content (AvgIpc) is 3.31. The minimum Gasteiger partial charge on any atom is -0.442 e. The number of nitrogen functional groups attached to an aromatic ring is 1. The zero-order valence-electron chi connectivity index (χ0n) is 15.5. The van der Waals surface area contributed by atoms with E-state index in [2.05, 4.69) is 10.1 Å². The predicted molar refractivity (Wildman–Crippen MR) is 101 cm³/mol. The predicted octanol–water partition coefficient (Wildman–Crippen LogP) is 2.63. The second-order valence-corrected chi connectivity index (χ2v) is 7.81. The highest BCUT2D eigenvalue weighted by Crippen LogP contribution is 2.38. The molecule has 0 unspecified atom stereocenters. The summed E-state index contributed by atoms with van der Waals surface area (Å²) < 4.78 is 7.59. The van der Waals surface area contributed by atoms with Crippen molar-refractivity contribution in [2.24, 2.45) is 0 Å². The van der Waals surface area contributed by atoms with Gasteiger partial charge in [-0.05, 0) is 51.3 Å². The van der Waals surface area contributed by atoms with Crippen molar-refractivity contribution >= 4 is 17.0 Å². The van der Waals surface area contributed by atoms with Crippen molar-refractivity contribution in [1.29, 1.82) is 0 Å². The second-order valence-electron chi connectivity index (χ2n) is 7.81. The molecule has 8 heteroatoms.